The zero-order chi connectivity index (χ0) is 21.7. The highest BCUT2D eigenvalue weighted by Gasteiger charge is 2.53. The Morgan fingerprint density at radius 1 is 1.13 bits per heavy atom. The summed E-state index contributed by atoms with van der Waals surface area (Å²) in [6, 6.07) is 13.4. The van der Waals surface area contributed by atoms with E-state index in [1.54, 1.807) is 36.4 Å². The first kappa shape index (κ1) is 21.3. The molecule has 8 heteroatoms. The van der Waals surface area contributed by atoms with Crippen molar-refractivity contribution in [3.05, 3.63) is 59.7 Å². The van der Waals surface area contributed by atoms with Gasteiger partial charge in [-0.05, 0) is 32.0 Å². The summed E-state index contributed by atoms with van der Waals surface area (Å²) in [5.41, 5.74) is 0.888. The highest BCUT2D eigenvalue weighted by atomic mass is 16.5. The number of amides is 3. The van der Waals surface area contributed by atoms with E-state index in [9.17, 15) is 19.5 Å². The normalized spacial score (nSPS) is 17.5. The maximum Gasteiger partial charge on any atom is 0.320 e. The second-order valence-corrected chi connectivity index (χ2v) is 7.09. The van der Waals surface area contributed by atoms with Gasteiger partial charge in [-0.25, -0.2) is 4.79 Å². The lowest BCUT2D eigenvalue weighted by atomic mass is 9.88. The standard InChI is InChI=1S/C22H25N3O5/c1-3-30-13-12-25-18-7-5-4-6-17(18)22(20(25)28,14-19(26)27)24-21(29)23-16-10-8-15(2)9-11-16/h4-11H,3,12-14H2,1-2H3,(H,26,27)(H2,23,24,29). The van der Waals surface area contributed by atoms with Gasteiger partial charge in [-0.15, -0.1) is 0 Å². The van der Waals surface area contributed by atoms with E-state index < -0.39 is 29.9 Å². The Morgan fingerprint density at radius 2 is 1.83 bits per heavy atom. The van der Waals surface area contributed by atoms with Gasteiger partial charge >= 0.3 is 12.0 Å². The zero-order valence-corrected chi connectivity index (χ0v) is 17.0. The molecule has 158 valence electrons. The van der Waals surface area contributed by atoms with Crippen LogP contribution in [-0.4, -0.2) is 42.8 Å². The van der Waals surface area contributed by atoms with E-state index in [1.165, 1.54) is 4.90 Å². The molecule has 0 aromatic heterocycles. The van der Waals surface area contributed by atoms with Crippen LogP contribution in [0.3, 0.4) is 0 Å². The first-order chi connectivity index (χ1) is 14.4. The van der Waals surface area contributed by atoms with Gasteiger partial charge in [0, 0.05) is 30.1 Å². The number of hydrogen-bond donors (Lipinski definition) is 3. The van der Waals surface area contributed by atoms with Crippen molar-refractivity contribution in [1.29, 1.82) is 0 Å². The maximum absolute atomic E-state index is 13.4. The SMILES string of the molecule is CCOCCN1C(=O)C(CC(=O)O)(NC(=O)Nc2ccc(C)cc2)c2ccccc21. The average molecular weight is 411 g/mol. The molecule has 1 aliphatic heterocycles. The molecule has 0 radical (unpaired) electrons. The van der Waals surface area contributed by atoms with Crippen LogP contribution >= 0.6 is 0 Å². The molecule has 2 aromatic carbocycles. The number of aryl methyl sites for hydroxylation is 1. The summed E-state index contributed by atoms with van der Waals surface area (Å²) >= 11 is 0. The molecule has 0 spiro atoms. The van der Waals surface area contributed by atoms with E-state index in [0.29, 0.717) is 30.2 Å². The quantitative estimate of drug-likeness (QED) is 0.579. The first-order valence-electron chi connectivity index (χ1n) is 9.74. The molecule has 3 N–H and O–H groups in total. The van der Waals surface area contributed by atoms with Gasteiger partial charge in [-0.2, -0.15) is 0 Å². The number of urea groups is 1. The van der Waals surface area contributed by atoms with Crippen molar-refractivity contribution in [2.45, 2.75) is 25.8 Å². The molecule has 30 heavy (non-hydrogen) atoms. The van der Waals surface area contributed by atoms with Gasteiger partial charge in [0.25, 0.3) is 5.91 Å². The number of carbonyl (C=O) groups excluding carboxylic acids is 2. The first-order valence-corrected chi connectivity index (χ1v) is 9.74. The summed E-state index contributed by atoms with van der Waals surface area (Å²) in [6.07, 6.45) is -0.574. The zero-order valence-electron chi connectivity index (χ0n) is 17.0. The molecule has 8 nitrogen and oxygen atoms in total. The Labute approximate surface area is 174 Å². The van der Waals surface area contributed by atoms with Crippen LogP contribution < -0.4 is 15.5 Å². The Balaban J connectivity index is 1.92. The Kier molecular flexibility index (Phi) is 6.37. The number of aliphatic carboxylic acids is 1. The number of nitrogens with one attached hydrogen (secondary N) is 2. The van der Waals surface area contributed by atoms with E-state index >= 15 is 0 Å². The van der Waals surface area contributed by atoms with Crippen molar-refractivity contribution in [2.24, 2.45) is 0 Å². The van der Waals surface area contributed by atoms with E-state index in [2.05, 4.69) is 10.6 Å². The second-order valence-electron chi connectivity index (χ2n) is 7.09. The molecule has 0 aliphatic carbocycles. The van der Waals surface area contributed by atoms with Crippen molar-refractivity contribution in [3.8, 4) is 0 Å². The van der Waals surface area contributed by atoms with Gasteiger partial charge in [0.15, 0.2) is 5.54 Å². The van der Waals surface area contributed by atoms with Crippen molar-refractivity contribution in [1.82, 2.24) is 5.32 Å². The van der Waals surface area contributed by atoms with E-state index in [0.717, 1.165) is 5.56 Å². The number of ether oxygens (including phenoxy) is 1. The smallest absolute Gasteiger partial charge is 0.320 e. The number of carboxylic acids is 1. The third-order valence-corrected chi connectivity index (χ3v) is 4.98. The number of hydrogen-bond acceptors (Lipinski definition) is 4. The van der Waals surface area contributed by atoms with Crippen LogP contribution in [0.25, 0.3) is 0 Å². The molecule has 0 saturated heterocycles. The van der Waals surface area contributed by atoms with Crippen molar-refractivity contribution in [2.75, 3.05) is 30.0 Å². The number of fused-ring (bicyclic) bond motifs is 1. The molecule has 0 fully saturated rings. The van der Waals surface area contributed by atoms with Gasteiger partial charge in [0.1, 0.15) is 0 Å². The van der Waals surface area contributed by atoms with Gasteiger partial charge in [-0.1, -0.05) is 35.9 Å². The number of anilines is 2. The molecule has 3 rings (SSSR count). The van der Waals surface area contributed by atoms with Gasteiger partial charge < -0.3 is 25.4 Å². The Hall–Kier alpha value is -3.39. The molecule has 1 unspecified atom stereocenters. The minimum absolute atomic E-state index is 0.256. The fourth-order valence-corrected chi connectivity index (χ4v) is 3.60. The summed E-state index contributed by atoms with van der Waals surface area (Å²) in [5.74, 6) is -1.69. The number of benzene rings is 2. The highest BCUT2D eigenvalue weighted by Crippen LogP contribution is 2.42. The predicted octanol–water partition coefficient (Wildman–Crippen LogP) is 2.87. The van der Waals surface area contributed by atoms with Crippen LogP contribution in [-0.2, 0) is 19.9 Å². The maximum atomic E-state index is 13.4. The Morgan fingerprint density at radius 3 is 2.50 bits per heavy atom. The van der Waals surface area contributed by atoms with Crippen LogP contribution in [0.1, 0.15) is 24.5 Å². The summed E-state index contributed by atoms with van der Waals surface area (Å²) in [5, 5.41) is 14.9. The van der Waals surface area contributed by atoms with Crippen LogP contribution in [0.15, 0.2) is 48.5 Å². The largest absolute Gasteiger partial charge is 0.481 e. The molecule has 1 atom stereocenters. The molecular formula is C22H25N3O5. The number of para-hydroxylation sites is 1. The lowest BCUT2D eigenvalue weighted by Gasteiger charge is -2.28. The average Bonchev–Trinajstić information content (AvgIpc) is 2.92. The van der Waals surface area contributed by atoms with Crippen molar-refractivity contribution in [3.63, 3.8) is 0 Å². The fraction of sp³-hybridized carbons (Fsp3) is 0.318. The molecule has 3 amide bonds. The fourth-order valence-electron chi connectivity index (χ4n) is 3.60. The van der Waals surface area contributed by atoms with Crippen LogP contribution in [0.4, 0.5) is 16.2 Å². The summed E-state index contributed by atoms with van der Waals surface area (Å²) in [4.78, 5) is 39.3. The molecule has 0 bridgehead atoms. The summed E-state index contributed by atoms with van der Waals surface area (Å²) in [6.45, 7) is 4.84. The minimum Gasteiger partial charge on any atom is -0.481 e. The number of carbonyl (C=O) groups is 3. The van der Waals surface area contributed by atoms with Crippen molar-refractivity contribution < 1.29 is 24.2 Å². The van der Waals surface area contributed by atoms with Gasteiger partial charge in [0.05, 0.1) is 13.0 Å². The minimum atomic E-state index is -1.70. The molecule has 2 aromatic rings. The van der Waals surface area contributed by atoms with E-state index in [1.807, 2.05) is 26.0 Å². The number of rotatable bonds is 8. The van der Waals surface area contributed by atoms with Crippen molar-refractivity contribution >= 4 is 29.3 Å². The second kappa shape index (κ2) is 8.96. The van der Waals surface area contributed by atoms with Gasteiger partial charge in [0.2, 0.25) is 0 Å². The highest BCUT2D eigenvalue weighted by molar-refractivity contribution is 6.11. The predicted molar refractivity (Wildman–Crippen MR) is 113 cm³/mol. The monoisotopic (exact) mass is 411 g/mol. The molecule has 1 heterocycles. The van der Waals surface area contributed by atoms with Crippen LogP contribution in [0.5, 0.6) is 0 Å². The molecule has 1 aliphatic rings. The van der Waals surface area contributed by atoms with Crippen LogP contribution in [0, 0.1) is 6.92 Å². The molecular weight excluding hydrogens is 386 g/mol. The van der Waals surface area contributed by atoms with E-state index in [-0.39, 0.29) is 6.54 Å². The van der Waals surface area contributed by atoms with E-state index in [4.69, 9.17) is 4.74 Å². The molecule has 0 saturated carbocycles. The summed E-state index contributed by atoms with van der Waals surface area (Å²) in [7, 11) is 0. The number of carboxylic acid groups (broad SMARTS) is 1. The van der Waals surface area contributed by atoms with Crippen LogP contribution in [0.2, 0.25) is 0 Å². The lowest BCUT2D eigenvalue weighted by Crippen LogP contribution is -2.55. The topological polar surface area (TPSA) is 108 Å². The third-order valence-electron chi connectivity index (χ3n) is 4.98. The van der Waals surface area contributed by atoms with Gasteiger partial charge in [-0.3, -0.25) is 9.59 Å². The summed E-state index contributed by atoms with van der Waals surface area (Å²) < 4.78 is 5.37. The number of nitrogens with zero attached hydrogens (tertiary/aromatic N) is 1. The third kappa shape index (κ3) is 4.28. The Bertz CT molecular complexity index is 944. The lowest BCUT2D eigenvalue weighted by molar-refractivity contribution is -0.141.